The predicted octanol–water partition coefficient (Wildman–Crippen LogP) is 2.83. The fraction of sp³-hybridized carbons (Fsp3) is 1.00. The molecule has 60 valence electrons. The van der Waals surface area contributed by atoms with Crippen LogP contribution in [0.3, 0.4) is 0 Å². The summed E-state index contributed by atoms with van der Waals surface area (Å²) in [6, 6.07) is 0. The Balaban J connectivity index is 1.92. The van der Waals surface area contributed by atoms with E-state index < -0.39 is 0 Å². The van der Waals surface area contributed by atoms with E-state index in [9.17, 15) is 0 Å². The molecule has 3 unspecified atom stereocenters. The van der Waals surface area contributed by atoms with Crippen LogP contribution in [0.15, 0.2) is 0 Å². The van der Waals surface area contributed by atoms with Crippen LogP contribution in [0, 0.1) is 28.6 Å². The summed E-state index contributed by atoms with van der Waals surface area (Å²) in [6.07, 6.45) is 8.06. The summed E-state index contributed by atoms with van der Waals surface area (Å²) in [4.78, 5) is 0. The quantitative estimate of drug-likeness (QED) is 0.495. The molecule has 0 nitrogen and oxygen atoms in total. The van der Waals surface area contributed by atoms with Gasteiger partial charge in [-0.1, -0.05) is 6.92 Å². The number of rotatable bonds is 0. The lowest BCUT2D eigenvalue weighted by molar-refractivity contribution is 0.0347. The Bertz CT molecular complexity index is 232. The van der Waals surface area contributed by atoms with E-state index in [0.29, 0.717) is 0 Å². The highest BCUT2D eigenvalue weighted by Crippen LogP contribution is 2.85. The van der Waals surface area contributed by atoms with Crippen LogP contribution < -0.4 is 0 Å². The third-order valence-electron chi connectivity index (χ3n) is 5.70. The highest BCUT2D eigenvalue weighted by molar-refractivity contribution is 5.26. The van der Waals surface area contributed by atoms with Gasteiger partial charge in [0.2, 0.25) is 0 Å². The second-order valence-corrected chi connectivity index (χ2v) is 5.97. The van der Waals surface area contributed by atoms with Gasteiger partial charge in [-0.05, 0) is 60.7 Å². The monoisotopic (exact) mass is 148 g/mol. The number of fused-ring (bicyclic) bond motifs is 1. The molecule has 6 aliphatic rings. The Morgan fingerprint density at radius 2 is 2.00 bits per heavy atom. The normalized spacial score (nSPS) is 75.5. The molecule has 11 heavy (non-hydrogen) atoms. The van der Waals surface area contributed by atoms with Crippen LogP contribution in [0.4, 0.5) is 0 Å². The van der Waals surface area contributed by atoms with Gasteiger partial charge in [-0.3, -0.25) is 0 Å². The highest BCUT2D eigenvalue weighted by atomic mass is 14.8. The summed E-state index contributed by atoms with van der Waals surface area (Å²) in [5.74, 6) is 3.59. The van der Waals surface area contributed by atoms with Gasteiger partial charge in [-0.25, -0.2) is 0 Å². The third kappa shape index (κ3) is 0.346. The van der Waals surface area contributed by atoms with Crippen molar-refractivity contribution in [1.29, 1.82) is 0 Å². The van der Waals surface area contributed by atoms with Crippen molar-refractivity contribution in [3.8, 4) is 0 Å². The zero-order valence-corrected chi connectivity index (χ0v) is 7.27. The van der Waals surface area contributed by atoms with Gasteiger partial charge < -0.3 is 0 Å². The van der Waals surface area contributed by atoms with Gasteiger partial charge in [0.1, 0.15) is 0 Å². The molecule has 3 atom stereocenters. The minimum absolute atomic E-state index is 0.851. The van der Waals surface area contributed by atoms with Crippen LogP contribution in [0.5, 0.6) is 0 Å². The van der Waals surface area contributed by atoms with E-state index in [-0.39, 0.29) is 0 Å². The lowest BCUT2D eigenvalue weighted by Gasteiger charge is -2.44. The third-order valence-corrected chi connectivity index (χ3v) is 5.70. The average molecular weight is 148 g/mol. The predicted molar refractivity (Wildman–Crippen MR) is 44.1 cm³/mol. The van der Waals surface area contributed by atoms with Crippen molar-refractivity contribution in [3.05, 3.63) is 0 Å². The molecule has 0 heteroatoms. The molecule has 6 rings (SSSR count). The minimum Gasteiger partial charge on any atom is -0.0593 e. The highest BCUT2D eigenvalue weighted by Gasteiger charge is 2.77. The molecule has 6 saturated carbocycles. The molecule has 0 aliphatic heterocycles. The zero-order chi connectivity index (χ0) is 7.27. The molecule has 6 aliphatic carbocycles. The van der Waals surface area contributed by atoms with E-state index in [1.165, 1.54) is 17.8 Å². The van der Waals surface area contributed by atoms with E-state index >= 15 is 0 Å². The summed E-state index contributed by atoms with van der Waals surface area (Å²) in [7, 11) is 0. The van der Waals surface area contributed by atoms with Crippen molar-refractivity contribution in [2.45, 2.75) is 39.0 Å². The number of hydrogen-bond donors (Lipinski definition) is 0. The molecule has 6 fully saturated rings. The maximum Gasteiger partial charge on any atom is -0.0230 e. The molecule has 0 radical (unpaired) electrons. The van der Waals surface area contributed by atoms with Gasteiger partial charge in [0, 0.05) is 0 Å². The van der Waals surface area contributed by atoms with Crippen molar-refractivity contribution < 1.29 is 0 Å². The zero-order valence-electron chi connectivity index (χ0n) is 7.27. The van der Waals surface area contributed by atoms with E-state index in [2.05, 4.69) is 6.92 Å². The van der Waals surface area contributed by atoms with Crippen molar-refractivity contribution >= 4 is 0 Å². The molecular weight excluding hydrogens is 132 g/mol. The second kappa shape index (κ2) is 1.20. The van der Waals surface area contributed by atoms with Gasteiger partial charge in [0.05, 0.1) is 0 Å². The van der Waals surface area contributed by atoms with Crippen LogP contribution in [-0.4, -0.2) is 0 Å². The van der Waals surface area contributed by atoms with Crippen LogP contribution in [0.1, 0.15) is 39.0 Å². The average Bonchev–Trinajstić information content (AvgIpc) is 2.41. The summed E-state index contributed by atoms with van der Waals surface area (Å²) < 4.78 is 0. The van der Waals surface area contributed by atoms with Gasteiger partial charge in [0.25, 0.3) is 0 Å². The standard InChI is InChI=1S/C11H16/c1-10-5-8(6-10)11-3-2-7(4-11)9(10)11/h7-9H,2-6H2,1H3. The maximum absolute atomic E-state index is 2.56. The van der Waals surface area contributed by atoms with Crippen molar-refractivity contribution in [3.63, 3.8) is 0 Å². The Kier molecular flexibility index (Phi) is 0.611. The van der Waals surface area contributed by atoms with Gasteiger partial charge >= 0.3 is 0 Å². The Morgan fingerprint density at radius 3 is 2.64 bits per heavy atom. The first-order chi connectivity index (χ1) is 5.25. The lowest BCUT2D eigenvalue weighted by atomic mass is 9.60. The molecule has 0 saturated heterocycles. The summed E-state index contributed by atoms with van der Waals surface area (Å²) >= 11 is 0. The minimum atomic E-state index is 0.851. The molecule has 1 spiro atoms. The molecule has 0 aromatic heterocycles. The fourth-order valence-electron chi connectivity index (χ4n) is 5.64. The van der Waals surface area contributed by atoms with Gasteiger partial charge in [-0.2, -0.15) is 0 Å². The largest absolute Gasteiger partial charge is 0.0593 e. The molecule has 4 bridgehead atoms. The van der Waals surface area contributed by atoms with E-state index in [1.54, 1.807) is 32.1 Å². The Labute approximate surface area is 68.4 Å². The van der Waals surface area contributed by atoms with Crippen molar-refractivity contribution in [2.75, 3.05) is 0 Å². The Hall–Kier alpha value is 0. The molecule has 0 N–H and O–H groups in total. The topological polar surface area (TPSA) is 0 Å². The molecule has 0 amide bonds. The summed E-state index contributed by atoms with van der Waals surface area (Å²) in [6.45, 7) is 2.56. The first-order valence-corrected chi connectivity index (χ1v) is 5.25. The van der Waals surface area contributed by atoms with E-state index in [1.807, 2.05) is 0 Å². The second-order valence-electron chi connectivity index (χ2n) is 5.97. The maximum atomic E-state index is 2.56. The van der Waals surface area contributed by atoms with Crippen LogP contribution >= 0.6 is 0 Å². The molecule has 0 aromatic rings. The van der Waals surface area contributed by atoms with E-state index in [0.717, 1.165) is 10.8 Å². The summed E-state index contributed by atoms with van der Waals surface area (Å²) in [5.41, 5.74) is 1.80. The van der Waals surface area contributed by atoms with Gasteiger partial charge in [0.15, 0.2) is 0 Å². The van der Waals surface area contributed by atoms with Crippen LogP contribution in [-0.2, 0) is 0 Å². The van der Waals surface area contributed by atoms with Crippen molar-refractivity contribution in [2.24, 2.45) is 28.6 Å². The van der Waals surface area contributed by atoms with Crippen LogP contribution in [0.25, 0.3) is 0 Å². The van der Waals surface area contributed by atoms with Crippen molar-refractivity contribution in [1.82, 2.24) is 0 Å². The Morgan fingerprint density at radius 1 is 1.18 bits per heavy atom. The number of hydrogen-bond acceptors (Lipinski definition) is 0. The smallest absolute Gasteiger partial charge is 0.0230 e. The molecular formula is C11H16. The molecule has 0 heterocycles. The first-order valence-electron chi connectivity index (χ1n) is 5.25. The summed E-state index contributed by atoms with van der Waals surface area (Å²) in [5, 5.41) is 0. The molecule has 0 aromatic carbocycles. The lowest BCUT2D eigenvalue weighted by Crippen LogP contribution is -2.38. The SMILES string of the molecule is CC12CC(C1)C13CCC(C1)C23. The van der Waals surface area contributed by atoms with E-state index in [4.69, 9.17) is 0 Å². The van der Waals surface area contributed by atoms with Crippen LogP contribution in [0.2, 0.25) is 0 Å². The first kappa shape index (κ1) is 5.61. The fourth-order valence-corrected chi connectivity index (χ4v) is 5.64. The van der Waals surface area contributed by atoms with Gasteiger partial charge in [-0.15, -0.1) is 0 Å².